The predicted molar refractivity (Wildman–Crippen MR) is 132 cm³/mol. The fourth-order valence-electron chi connectivity index (χ4n) is 4.09. The molecule has 0 bridgehead atoms. The maximum Gasteiger partial charge on any atom is 0.230 e. The van der Waals surface area contributed by atoms with E-state index in [1.165, 1.54) is 0 Å². The van der Waals surface area contributed by atoms with Gasteiger partial charge in [-0.05, 0) is 29.5 Å². The van der Waals surface area contributed by atoms with E-state index in [1.807, 2.05) is 79.0 Å². The highest BCUT2D eigenvalue weighted by molar-refractivity contribution is 5.97. The van der Waals surface area contributed by atoms with E-state index in [1.54, 1.807) is 6.92 Å². The first-order valence-corrected chi connectivity index (χ1v) is 11.8. The third-order valence-electron chi connectivity index (χ3n) is 6.19. The molecular weight excluding hydrogens is 473 g/mol. The quantitative estimate of drug-likeness (QED) is 0.0974. The van der Waals surface area contributed by atoms with Gasteiger partial charge in [-0.15, -0.1) is 0 Å². The number of rotatable bonds is 10. The van der Waals surface area contributed by atoms with Crippen molar-refractivity contribution in [1.82, 2.24) is 0 Å². The molecule has 0 saturated heterocycles. The number of hydrogen-bond acceptors (Lipinski definition) is 1. The summed E-state index contributed by atoms with van der Waals surface area (Å²) in [5, 5.41) is 2.01. The van der Waals surface area contributed by atoms with Gasteiger partial charge in [0, 0.05) is 0 Å². The highest BCUT2D eigenvalue weighted by Crippen LogP contribution is 2.39. The van der Waals surface area contributed by atoms with E-state index in [2.05, 4.69) is 0 Å². The Morgan fingerprint density at radius 3 is 1.89 bits per heavy atom. The molecule has 0 aliphatic carbocycles. The Bertz CT molecular complexity index is 1200. The van der Waals surface area contributed by atoms with E-state index < -0.39 is 46.1 Å². The minimum absolute atomic E-state index is 0.177. The molecule has 0 aromatic heterocycles. The van der Waals surface area contributed by atoms with Crippen LogP contribution in [0.25, 0.3) is 11.6 Å². The second-order valence-corrected chi connectivity index (χ2v) is 9.04. The standard InChI is InChI=1S/C29H28F5NO/c1-3-4-11-16-29(2,28(36)35-27-25(33)23(31)22(30)24(32)26(27)34)18-21(20-14-9-6-10-15-20)17-19-12-7-5-8-13-19/h5-10,12-15,17H,3-4,11,16,18H2,1-2H3,(H,35,36)/b21-17-. The zero-order chi connectivity index (χ0) is 26.3. The van der Waals surface area contributed by atoms with Crippen LogP contribution in [0.15, 0.2) is 60.7 Å². The van der Waals surface area contributed by atoms with Gasteiger partial charge in [0.25, 0.3) is 0 Å². The van der Waals surface area contributed by atoms with Gasteiger partial charge in [0.05, 0.1) is 5.41 Å². The lowest BCUT2D eigenvalue weighted by atomic mass is 9.76. The summed E-state index contributed by atoms with van der Waals surface area (Å²) >= 11 is 0. The molecule has 0 heterocycles. The van der Waals surface area contributed by atoms with Crippen LogP contribution in [0.2, 0.25) is 0 Å². The Hall–Kier alpha value is -3.48. The number of unbranched alkanes of at least 4 members (excludes halogenated alkanes) is 2. The Labute approximate surface area is 207 Å². The van der Waals surface area contributed by atoms with Crippen LogP contribution in [0.1, 0.15) is 57.1 Å². The topological polar surface area (TPSA) is 29.1 Å². The van der Waals surface area contributed by atoms with Crippen LogP contribution in [0.3, 0.4) is 0 Å². The second kappa shape index (κ2) is 12.0. The summed E-state index contributed by atoms with van der Waals surface area (Å²) in [6, 6.07) is 18.8. The average Bonchev–Trinajstić information content (AvgIpc) is 2.89. The van der Waals surface area contributed by atoms with Gasteiger partial charge in [-0.25, -0.2) is 22.0 Å². The molecule has 3 aromatic carbocycles. The molecule has 1 amide bonds. The molecule has 0 spiro atoms. The molecule has 0 saturated carbocycles. The zero-order valence-electron chi connectivity index (χ0n) is 20.2. The van der Waals surface area contributed by atoms with Crippen LogP contribution in [-0.4, -0.2) is 5.91 Å². The lowest BCUT2D eigenvalue weighted by Crippen LogP contribution is -2.35. The molecule has 1 atom stereocenters. The van der Waals surface area contributed by atoms with Crippen LogP contribution in [-0.2, 0) is 4.79 Å². The number of carbonyl (C=O) groups is 1. The Morgan fingerprint density at radius 1 is 0.806 bits per heavy atom. The molecule has 0 radical (unpaired) electrons. The molecule has 36 heavy (non-hydrogen) atoms. The number of carbonyl (C=O) groups excluding carboxylic acids is 1. The van der Waals surface area contributed by atoms with Gasteiger partial charge >= 0.3 is 0 Å². The first-order chi connectivity index (χ1) is 17.2. The fourth-order valence-corrected chi connectivity index (χ4v) is 4.09. The molecule has 0 aliphatic rings. The average molecular weight is 502 g/mol. The van der Waals surface area contributed by atoms with Crippen molar-refractivity contribution in [2.24, 2.45) is 5.41 Å². The number of nitrogens with one attached hydrogen (secondary N) is 1. The molecule has 3 aromatic rings. The summed E-state index contributed by atoms with van der Waals surface area (Å²) in [7, 11) is 0. The monoisotopic (exact) mass is 501 g/mol. The van der Waals surface area contributed by atoms with Gasteiger partial charge in [0.2, 0.25) is 11.7 Å². The number of allylic oxidation sites excluding steroid dienone is 1. The van der Waals surface area contributed by atoms with E-state index >= 15 is 0 Å². The van der Waals surface area contributed by atoms with Gasteiger partial charge in [-0.1, -0.05) is 99.8 Å². The van der Waals surface area contributed by atoms with Gasteiger partial charge in [0.1, 0.15) is 5.69 Å². The van der Waals surface area contributed by atoms with E-state index in [-0.39, 0.29) is 6.42 Å². The maximum absolute atomic E-state index is 14.3. The molecule has 0 fully saturated rings. The maximum atomic E-state index is 14.3. The van der Waals surface area contributed by atoms with Crippen LogP contribution < -0.4 is 5.32 Å². The first-order valence-electron chi connectivity index (χ1n) is 11.8. The van der Waals surface area contributed by atoms with Crippen molar-refractivity contribution in [3.8, 4) is 0 Å². The van der Waals surface area contributed by atoms with E-state index in [0.29, 0.717) is 12.8 Å². The summed E-state index contributed by atoms with van der Waals surface area (Å²) in [6.07, 6.45) is 4.79. The van der Waals surface area contributed by atoms with Crippen molar-refractivity contribution in [3.63, 3.8) is 0 Å². The molecule has 1 unspecified atom stereocenters. The number of anilines is 1. The number of halogens is 5. The van der Waals surface area contributed by atoms with Crippen molar-refractivity contribution >= 4 is 23.2 Å². The summed E-state index contributed by atoms with van der Waals surface area (Å²) in [5.74, 6) is -11.4. The lowest BCUT2D eigenvalue weighted by molar-refractivity contribution is -0.125. The first kappa shape index (κ1) is 27.1. The summed E-state index contributed by atoms with van der Waals surface area (Å²) in [4.78, 5) is 13.4. The fraction of sp³-hybridized carbons (Fsp3) is 0.276. The van der Waals surface area contributed by atoms with Crippen molar-refractivity contribution in [2.45, 2.75) is 46.0 Å². The highest BCUT2D eigenvalue weighted by Gasteiger charge is 2.36. The van der Waals surface area contributed by atoms with Crippen molar-refractivity contribution in [1.29, 1.82) is 0 Å². The van der Waals surface area contributed by atoms with Gasteiger partial charge < -0.3 is 5.32 Å². The minimum Gasteiger partial charge on any atom is -0.321 e. The summed E-state index contributed by atoms with van der Waals surface area (Å²) in [5.41, 5.74) is 0.00516. The summed E-state index contributed by atoms with van der Waals surface area (Å²) < 4.78 is 69.6. The molecule has 1 N–H and O–H groups in total. The third-order valence-corrected chi connectivity index (χ3v) is 6.19. The van der Waals surface area contributed by atoms with Crippen LogP contribution in [0.4, 0.5) is 27.6 Å². The highest BCUT2D eigenvalue weighted by atomic mass is 19.2. The van der Waals surface area contributed by atoms with Crippen LogP contribution >= 0.6 is 0 Å². The van der Waals surface area contributed by atoms with Gasteiger partial charge in [0.15, 0.2) is 23.3 Å². The Kier molecular flexibility index (Phi) is 9.02. The number of benzene rings is 3. The second-order valence-electron chi connectivity index (χ2n) is 9.04. The number of amides is 1. The minimum atomic E-state index is -2.27. The molecule has 2 nitrogen and oxygen atoms in total. The normalized spacial score (nSPS) is 13.4. The zero-order valence-corrected chi connectivity index (χ0v) is 20.2. The third kappa shape index (κ3) is 6.20. The van der Waals surface area contributed by atoms with Gasteiger partial charge in [-0.3, -0.25) is 4.79 Å². The number of hydrogen-bond donors (Lipinski definition) is 1. The molecular formula is C29H28F5NO. The lowest BCUT2D eigenvalue weighted by Gasteiger charge is -2.30. The van der Waals surface area contributed by atoms with E-state index in [0.717, 1.165) is 29.5 Å². The van der Waals surface area contributed by atoms with Crippen LogP contribution in [0, 0.1) is 34.5 Å². The van der Waals surface area contributed by atoms with Gasteiger partial charge in [-0.2, -0.15) is 0 Å². The smallest absolute Gasteiger partial charge is 0.230 e. The Balaban J connectivity index is 2.03. The molecule has 0 aliphatic heterocycles. The van der Waals surface area contributed by atoms with Crippen molar-refractivity contribution in [2.75, 3.05) is 5.32 Å². The summed E-state index contributed by atoms with van der Waals surface area (Å²) in [6.45, 7) is 3.64. The van der Waals surface area contributed by atoms with E-state index in [9.17, 15) is 26.7 Å². The van der Waals surface area contributed by atoms with Crippen molar-refractivity contribution in [3.05, 3.63) is 101 Å². The molecule has 3 rings (SSSR count). The SMILES string of the molecule is CCCCCC(C)(C/C(=C/c1ccccc1)c1ccccc1)C(=O)Nc1c(F)c(F)c(F)c(F)c1F. The van der Waals surface area contributed by atoms with Crippen molar-refractivity contribution < 1.29 is 26.7 Å². The predicted octanol–water partition coefficient (Wildman–Crippen LogP) is 8.54. The molecule has 7 heteroatoms. The Morgan fingerprint density at radius 2 is 1.33 bits per heavy atom. The molecule has 190 valence electrons. The van der Waals surface area contributed by atoms with Crippen LogP contribution in [0.5, 0.6) is 0 Å². The largest absolute Gasteiger partial charge is 0.321 e. The van der Waals surface area contributed by atoms with E-state index in [4.69, 9.17) is 0 Å².